The van der Waals surface area contributed by atoms with Gasteiger partial charge in [0.1, 0.15) is 5.28 Å². The van der Waals surface area contributed by atoms with Crippen molar-refractivity contribution in [2.75, 3.05) is 13.1 Å². The molecule has 128 valence electrons. The lowest BCUT2D eigenvalue weighted by molar-refractivity contribution is -0.149. The average molecular weight is 324 g/mol. The summed E-state index contributed by atoms with van der Waals surface area (Å²) in [7, 11) is -0.206. The molecule has 2 saturated heterocycles. The third-order valence-electron chi connectivity index (χ3n) is 5.13. The predicted octanol–water partition coefficient (Wildman–Crippen LogP) is 2.46. The summed E-state index contributed by atoms with van der Waals surface area (Å²) < 4.78 is 11.9. The Kier molecular flexibility index (Phi) is 5.57. The Balaban J connectivity index is 1.78. The standard InChI is InChI=1S/C14H25BN4O4/c1-13(2)14(3,4)23-15(22-13)7-5-6-10-8-17-9-11(10)12(20)21-19-18-16/h10-11,17H,5-9H2,1-4H3/t10-,11+/m1/s1. The fraction of sp³-hybridized carbons (Fsp3) is 0.929. The number of nitrogens with one attached hydrogen (secondary N) is 1. The molecule has 2 heterocycles. The van der Waals surface area contributed by atoms with Crippen molar-refractivity contribution in [3.05, 3.63) is 10.4 Å². The number of azide groups is 1. The van der Waals surface area contributed by atoms with Gasteiger partial charge in [0.25, 0.3) is 0 Å². The Bertz CT molecular complexity index is 477. The second kappa shape index (κ2) is 7.09. The molecule has 0 unspecified atom stereocenters. The zero-order valence-electron chi connectivity index (χ0n) is 14.2. The molecule has 0 bridgehead atoms. The molecule has 8 nitrogen and oxygen atoms in total. The van der Waals surface area contributed by atoms with Gasteiger partial charge in [0.05, 0.1) is 17.1 Å². The molecule has 2 aliphatic rings. The zero-order chi connectivity index (χ0) is 17.1. The Morgan fingerprint density at radius 1 is 1.35 bits per heavy atom. The normalized spacial score (nSPS) is 28.4. The van der Waals surface area contributed by atoms with Gasteiger partial charge in [0.2, 0.25) is 0 Å². The lowest BCUT2D eigenvalue weighted by Crippen LogP contribution is -2.41. The van der Waals surface area contributed by atoms with Crippen LogP contribution in [0.5, 0.6) is 0 Å². The summed E-state index contributed by atoms with van der Waals surface area (Å²) in [5, 5.41) is 6.08. The third-order valence-corrected chi connectivity index (χ3v) is 5.13. The van der Waals surface area contributed by atoms with Gasteiger partial charge >= 0.3 is 13.1 Å². The van der Waals surface area contributed by atoms with E-state index in [9.17, 15) is 4.79 Å². The van der Waals surface area contributed by atoms with Crippen molar-refractivity contribution >= 4 is 13.1 Å². The van der Waals surface area contributed by atoms with E-state index in [0.29, 0.717) is 6.54 Å². The van der Waals surface area contributed by atoms with Crippen molar-refractivity contribution in [3.8, 4) is 0 Å². The number of carbonyl (C=O) groups is 1. The maximum atomic E-state index is 11.8. The Hall–Kier alpha value is -1.28. The number of hydrogen-bond acceptors (Lipinski definition) is 6. The summed E-state index contributed by atoms with van der Waals surface area (Å²) in [5.41, 5.74) is 7.59. The molecule has 0 aromatic heterocycles. The lowest BCUT2D eigenvalue weighted by Gasteiger charge is -2.32. The minimum Gasteiger partial charge on any atom is -0.403 e. The van der Waals surface area contributed by atoms with Crippen LogP contribution in [0.25, 0.3) is 10.4 Å². The Morgan fingerprint density at radius 2 is 2.00 bits per heavy atom. The molecular weight excluding hydrogens is 299 g/mol. The molecule has 0 radical (unpaired) electrons. The lowest BCUT2D eigenvalue weighted by atomic mass is 9.79. The molecule has 23 heavy (non-hydrogen) atoms. The van der Waals surface area contributed by atoms with Crippen molar-refractivity contribution in [3.63, 3.8) is 0 Å². The second-order valence-corrected chi connectivity index (χ2v) is 7.22. The van der Waals surface area contributed by atoms with Gasteiger partial charge in [-0.2, -0.15) is 0 Å². The van der Waals surface area contributed by atoms with E-state index in [1.807, 2.05) is 27.7 Å². The molecule has 0 saturated carbocycles. The van der Waals surface area contributed by atoms with Crippen molar-refractivity contribution < 1.29 is 18.9 Å². The fourth-order valence-electron chi connectivity index (χ4n) is 3.07. The van der Waals surface area contributed by atoms with Gasteiger partial charge < -0.3 is 19.5 Å². The molecule has 1 N–H and O–H groups in total. The van der Waals surface area contributed by atoms with Crippen molar-refractivity contribution in [2.45, 2.75) is 58.1 Å². The van der Waals surface area contributed by atoms with Gasteiger partial charge in [0, 0.05) is 11.5 Å². The molecule has 0 amide bonds. The summed E-state index contributed by atoms with van der Waals surface area (Å²) in [6.45, 7) is 9.47. The first-order valence-electron chi connectivity index (χ1n) is 8.08. The van der Waals surface area contributed by atoms with Crippen LogP contribution < -0.4 is 5.32 Å². The summed E-state index contributed by atoms with van der Waals surface area (Å²) in [5.74, 6) is -0.550. The Labute approximate surface area is 137 Å². The number of carbonyl (C=O) groups excluding carboxylic acids is 1. The van der Waals surface area contributed by atoms with E-state index in [0.717, 1.165) is 25.7 Å². The first kappa shape index (κ1) is 18.1. The first-order chi connectivity index (χ1) is 10.8. The molecule has 9 heteroatoms. The van der Waals surface area contributed by atoms with E-state index < -0.39 is 5.97 Å². The highest BCUT2D eigenvalue weighted by Crippen LogP contribution is 2.38. The van der Waals surface area contributed by atoms with Crippen LogP contribution >= 0.6 is 0 Å². The summed E-state index contributed by atoms with van der Waals surface area (Å²) in [4.78, 5) is 18.8. The summed E-state index contributed by atoms with van der Waals surface area (Å²) in [6.07, 6.45) is 2.56. The monoisotopic (exact) mass is 324 g/mol. The average Bonchev–Trinajstić information content (AvgIpc) is 2.99. The van der Waals surface area contributed by atoms with Crippen LogP contribution in [0.1, 0.15) is 40.5 Å². The highest BCUT2D eigenvalue weighted by molar-refractivity contribution is 6.45. The van der Waals surface area contributed by atoms with Crippen LogP contribution in [0.2, 0.25) is 6.32 Å². The largest absolute Gasteiger partial charge is 0.457 e. The molecule has 2 aliphatic heterocycles. The highest BCUT2D eigenvalue weighted by Gasteiger charge is 2.50. The minimum absolute atomic E-state index is 0.179. The quantitative estimate of drug-likeness (QED) is 0.266. The van der Waals surface area contributed by atoms with Crippen LogP contribution in [0.15, 0.2) is 5.28 Å². The van der Waals surface area contributed by atoms with Gasteiger partial charge in [-0.25, -0.2) is 0 Å². The van der Waals surface area contributed by atoms with Crippen LogP contribution in [0, 0.1) is 11.8 Å². The van der Waals surface area contributed by atoms with Crippen molar-refractivity contribution in [1.29, 1.82) is 0 Å². The van der Waals surface area contributed by atoms with Crippen LogP contribution in [0.3, 0.4) is 0 Å². The van der Waals surface area contributed by atoms with E-state index in [1.54, 1.807) is 0 Å². The smallest absolute Gasteiger partial charge is 0.403 e. The molecular formula is C14H25BN4O4. The molecule has 0 aromatic rings. The van der Waals surface area contributed by atoms with E-state index in [1.165, 1.54) is 0 Å². The summed E-state index contributed by atoms with van der Waals surface area (Å²) >= 11 is 0. The van der Waals surface area contributed by atoms with Crippen molar-refractivity contribution in [1.82, 2.24) is 5.32 Å². The molecule has 0 aliphatic carbocycles. The maximum Gasteiger partial charge on any atom is 0.457 e. The van der Waals surface area contributed by atoms with Crippen LogP contribution in [0.4, 0.5) is 0 Å². The van der Waals surface area contributed by atoms with Crippen LogP contribution in [-0.2, 0) is 18.9 Å². The summed E-state index contributed by atoms with van der Waals surface area (Å²) in [6, 6.07) is 0. The van der Waals surface area contributed by atoms with Crippen molar-refractivity contribution in [2.24, 2.45) is 17.1 Å². The molecule has 2 atom stereocenters. The fourth-order valence-corrected chi connectivity index (χ4v) is 3.07. The molecule has 0 spiro atoms. The molecule has 2 fully saturated rings. The molecule has 2 rings (SSSR count). The van der Waals surface area contributed by atoms with E-state index in [-0.39, 0.29) is 30.2 Å². The molecule has 0 aromatic carbocycles. The number of rotatable bonds is 6. The number of hydrogen-bond donors (Lipinski definition) is 1. The van der Waals surface area contributed by atoms with E-state index in [4.69, 9.17) is 14.8 Å². The van der Waals surface area contributed by atoms with Gasteiger partial charge in [-0.15, -0.1) is 0 Å². The van der Waals surface area contributed by atoms with Gasteiger partial charge in [0.15, 0.2) is 0 Å². The highest BCUT2D eigenvalue weighted by atomic mass is 16.7. The maximum absolute atomic E-state index is 11.8. The third kappa shape index (κ3) is 4.17. The first-order valence-corrected chi connectivity index (χ1v) is 8.08. The van der Waals surface area contributed by atoms with E-state index >= 15 is 0 Å². The minimum atomic E-state index is -0.464. The predicted molar refractivity (Wildman–Crippen MR) is 85.2 cm³/mol. The Morgan fingerprint density at radius 3 is 2.61 bits per heavy atom. The van der Waals surface area contributed by atoms with Gasteiger partial charge in [-0.1, -0.05) is 6.42 Å². The topological polar surface area (TPSA) is 106 Å². The van der Waals surface area contributed by atoms with Gasteiger partial charge in [-0.05, 0) is 58.4 Å². The van der Waals surface area contributed by atoms with E-state index in [2.05, 4.69) is 20.3 Å². The second-order valence-electron chi connectivity index (χ2n) is 7.22. The van der Waals surface area contributed by atoms with Gasteiger partial charge in [-0.3, -0.25) is 4.79 Å². The number of nitrogens with zero attached hydrogens (tertiary/aromatic N) is 3. The van der Waals surface area contributed by atoms with Crippen LogP contribution in [-0.4, -0.2) is 37.4 Å². The SMILES string of the molecule is CC1(C)OB(CCC[C@@H]2CNC[C@@H]2C(=O)ON=[N+]=[N-])OC1(C)C. The zero-order valence-corrected chi connectivity index (χ0v) is 14.2.